The molecule has 2 heterocycles. The molecule has 1 aromatic heterocycles. The summed E-state index contributed by atoms with van der Waals surface area (Å²) in [5.74, 6) is 0.818. The zero-order chi connectivity index (χ0) is 19.3. The van der Waals surface area contributed by atoms with Gasteiger partial charge in [-0.1, -0.05) is 18.6 Å². The summed E-state index contributed by atoms with van der Waals surface area (Å²) in [4.78, 5) is 30.9. The normalized spacial score (nSPS) is 23.5. The topological polar surface area (TPSA) is 74.3 Å². The van der Waals surface area contributed by atoms with Gasteiger partial charge in [0.1, 0.15) is 0 Å². The molecule has 1 saturated heterocycles. The van der Waals surface area contributed by atoms with Crippen molar-refractivity contribution in [2.75, 3.05) is 26.2 Å². The van der Waals surface area contributed by atoms with E-state index in [-0.39, 0.29) is 17.9 Å². The molecule has 150 valence electrons. The van der Waals surface area contributed by atoms with Crippen molar-refractivity contribution in [1.29, 1.82) is 0 Å². The van der Waals surface area contributed by atoms with Crippen LogP contribution in [0.4, 0.5) is 0 Å². The average molecular weight is 401 g/mol. The molecule has 0 bridgehead atoms. The van der Waals surface area contributed by atoms with Crippen LogP contribution in [-0.2, 0) is 16.0 Å². The van der Waals surface area contributed by atoms with Crippen molar-refractivity contribution in [1.82, 2.24) is 20.5 Å². The number of piperazine rings is 1. The van der Waals surface area contributed by atoms with Gasteiger partial charge in [0, 0.05) is 38.5 Å². The summed E-state index contributed by atoms with van der Waals surface area (Å²) in [7, 11) is 0. The number of hydrogen-bond donors (Lipinski definition) is 2. The third-order valence-corrected chi connectivity index (χ3v) is 6.78. The van der Waals surface area contributed by atoms with Gasteiger partial charge in [-0.15, -0.1) is 11.3 Å². The highest BCUT2D eigenvalue weighted by molar-refractivity contribution is 7.18. The highest BCUT2D eigenvalue weighted by Gasteiger charge is 2.26. The van der Waals surface area contributed by atoms with Gasteiger partial charge in [-0.05, 0) is 37.3 Å². The second-order valence-electron chi connectivity index (χ2n) is 7.96. The van der Waals surface area contributed by atoms with E-state index in [0.29, 0.717) is 25.3 Å². The monoisotopic (exact) mass is 400 g/mol. The first-order valence-electron chi connectivity index (χ1n) is 10.3. The van der Waals surface area contributed by atoms with E-state index < -0.39 is 0 Å². The standard InChI is InChI=1S/C21H28N4O2S/c26-19(8-9-21-24-17-6-1-2-7-18(17)28-21)23-16-5-3-4-15(12-16)13-25-11-10-22-20(27)14-25/h1-2,6-7,15-16H,3-5,8-14H2,(H,22,27)(H,23,26)/t15-,16+/m1/s1. The summed E-state index contributed by atoms with van der Waals surface area (Å²) in [5.41, 5.74) is 1.02. The fourth-order valence-corrected chi connectivity index (χ4v) is 5.31. The smallest absolute Gasteiger partial charge is 0.234 e. The second-order valence-corrected chi connectivity index (χ2v) is 9.07. The van der Waals surface area contributed by atoms with Crippen LogP contribution >= 0.6 is 11.3 Å². The van der Waals surface area contributed by atoms with E-state index in [1.807, 2.05) is 18.2 Å². The molecule has 1 aliphatic heterocycles. The lowest BCUT2D eigenvalue weighted by molar-refractivity contribution is -0.124. The van der Waals surface area contributed by atoms with Gasteiger partial charge < -0.3 is 10.6 Å². The molecule has 2 N–H and O–H groups in total. The van der Waals surface area contributed by atoms with Crippen LogP contribution in [0.15, 0.2) is 24.3 Å². The second kappa shape index (κ2) is 9.01. The minimum Gasteiger partial charge on any atom is -0.354 e. The summed E-state index contributed by atoms with van der Waals surface area (Å²) in [5, 5.41) is 7.15. The van der Waals surface area contributed by atoms with E-state index in [4.69, 9.17) is 0 Å². The lowest BCUT2D eigenvalue weighted by atomic mass is 9.85. The number of aromatic nitrogens is 1. The van der Waals surface area contributed by atoms with Crippen LogP contribution < -0.4 is 10.6 Å². The summed E-state index contributed by atoms with van der Waals surface area (Å²) >= 11 is 1.68. The molecular formula is C21H28N4O2S. The van der Waals surface area contributed by atoms with Gasteiger partial charge in [-0.25, -0.2) is 4.98 Å². The maximum absolute atomic E-state index is 12.4. The highest BCUT2D eigenvalue weighted by Crippen LogP contribution is 2.26. The first-order chi connectivity index (χ1) is 13.7. The Morgan fingerprint density at radius 3 is 3.07 bits per heavy atom. The third kappa shape index (κ3) is 5.08. The highest BCUT2D eigenvalue weighted by atomic mass is 32.1. The Balaban J connectivity index is 1.22. The average Bonchev–Trinajstić information content (AvgIpc) is 3.10. The maximum Gasteiger partial charge on any atom is 0.234 e. The number of nitrogens with zero attached hydrogens (tertiary/aromatic N) is 2. The molecule has 6 nitrogen and oxygen atoms in total. The van der Waals surface area contributed by atoms with Crippen LogP contribution in [0.2, 0.25) is 0 Å². The molecule has 7 heteroatoms. The number of nitrogens with one attached hydrogen (secondary N) is 2. The first-order valence-corrected chi connectivity index (χ1v) is 11.1. The number of rotatable bonds is 6. The predicted molar refractivity (Wildman–Crippen MR) is 111 cm³/mol. The Hall–Kier alpha value is -1.99. The Kier molecular flexibility index (Phi) is 6.22. The van der Waals surface area contributed by atoms with Crippen molar-refractivity contribution in [3.05, 3.63) is 29.3 Å². The van der Waals surface area contributed by atoms with Crippen molar-refractivity contribution in [2.24, 2.45) is 5.92 Å². The number of carbonyl (C=O) groups is 2. The van der Waals surface area contributed by atoms with E-state index >= 15 is 0 Å². The Morgan fingerprint density at radius 2 is 2.21 bits per heavy atom. The van der Waals surface area contributed by atoms with Gasteiger partial charge in [0.25, 0.3) is 0 Å². The Bertz CT molecular complexity index is 804. The first kappa shape index (κ1) is 19.3. The number of fused-ring (bicyclic) bond motifs is 1. The molecule has 0 spiro atoms. The number of thiazole rings is 1. The molecule has 28 heavy (non-hydrogen) atoms. The fraction of sp³-hybridized carbons (Fsp3) is 0.571. The number of hydrogen-bond acceptors (Lipinski definition) is 5. The van der Waals surface area contributed by atoms with Gasteiger partial charge in [0.05, 0.1) is 21.8 Å². The van der Waals surface area contributed by atoms with E-state index in [0.717, 1.165) is 49.4 Å². The number of para-hydroxylation sites is 1. The Morgan fingerprint density at radius 1 is 1.32 bits per heavy atom. The van der Waals surface area contributed by atoms with Crippen LogP contribution in [-0.4, -0.2) is 53.9 Å². The molecule has 2 aliphatic rings. The van der Waals surface area contributed by atoms with Gasteiger partial charge in [0.2, 0.25) is 11.8 Å². The predicted octanol–water partition coefficient (Wildman–Crippen LogP) is 2.34. The van der Waals surface area contributed by atoms with Crippen LogP contribution in [0.3, 0.4) is 0 Å². The molecule has 1 aromatic carbocycles. The van der Waals surface area contributed by atoms with Crippen LogP contribution in [0.25, 0.3) is 10.2 Å². The van der Waals surface area contributed by atoms with E-state index in [1.54, 1.807) is 11.3 Å². The van der Waals surface area contributed by atoms with E-state index in [2.05, 4.69) is 26.6 Å². The molecule has 1 aliphatic carbocycles. The van der Waals surface area contributed by atoms with Crippen LogP contribution in [0.1, 0.15) is 37.1 Å². The SMILES string of the molecule is O=C1CN(C[C@@H]2CCC[C@H](NC(=O)CCc3nc4ccccc4s3)C2)CCN1. The third-order valence-electron chi connectivity index (χ3n) is 5.69. The van der Waals surface area contributed by atoms with Gasteiger partial charge in [-0.2, -0.15) is 0 Å². The quantitative estimate of drug-likeness (QED) is 0.781. The minimum absolute atomic E-state index is 0.127. The summed E-state index contributed by atoms with van der Waals surface area (Å²) in [6.07, 6.45) is 5.61. The summed E-state index contributed by atoms with van der Waals surface area (Å²) in [6.45, 7) is 3.15. The van der Waals surface area contributed by atoms with Crippen molar-refractivity contribution >= 4 is 33.4 Å². The molecular weight excluding hydrogens is 372 g/mol. The van der Waals surface area contributed by atoms with Crippen molar-refractivity contribution in [3.8, 4) is 0 Å². The van der Waals surface area contributed by atoms with Crippen molar-refractivity contribution in [2.45, 2.75) is 44.6 Å². The van der Waals surface area contributed by atoms with Gasteiger partial charge >= 0.3 is 0 Å². The molecule has 2 aromatic rings. The molecule has 4 rings (SSSR count). The van der Waals surface area contributed by atoms with Crippen LogP contribution in [0, 0.1) is 5.92 Å². The largest absolute Gasteiger partial charge is 0.354 e. The van der Waals surface area contributed by atoms with Gasteiger partial charge in [0.15, 0.2) is 0 Å². The molecule has 1 saturated carbocycles. The summed E-state index contributed by atoms with van der Waals surface area (Å²) < 4.78 is 1.18. The minimum atomic E-state index is 0.127. The zero-order valence-electron chi connectivity index (χ0n) is 16.2. The number of benzene rings is 1. The lowest BCUT2D eigenvalue weighted by Crippen LogP contribution is -2.50. The number of carbonyl (C=O) groups excluding carboxylic acids is 2. The molecule has 0 radical (unpaired) electrons. The summed E-state index contributed by atoms with van der Waals surface area (Å²) in [6, 6.07) is 8.37. The Labute approximate surface area is 169 Å². The molecule has 2 amide bonds. The van der Waals surface area contributed by atoms with Crippen molar-refractivity contribution < 1.29 is 9.59 Å². The van der Waals surface area contributed by atoms with E-state index in [1.165, 1.54) is 11.1 Å². The fourth-order valence-electron chi connectivity index (χ4n) is 4.35. The zero-order valence-corrected chi connectivity index (χ0v) is 17.0. The molecule has 0 unspecified atom stereocenters. The van der Waals surface area contributed by atoms with Crippen LogP contribution in [0.5, 0.6) is 0 Å². The lowest BCUT2D eigenvalue weighted by Gasteiger charge is -2.35. The number of aryl methyl sites for hydroxylation is 1. The number of amides is 2. The van der Waals surface area contributed by atoms with Crippen molar-refractivity contribution in [3.63, 3.8) is 0 Å². The van der Waals surface area contributed by atoms with Gasteiger partial charge in [-0.3, -0.25) is 14.5 Å². The molecule has 2 fully saturated rings. The van der Waals surface area contributed by atoms with E-state index in [9.17, 15) is 9.59 Å². The maximum atomic E-state index is 12.4. The molecule has 2 atom stereocenters.